The van der Waals surface area contributed by atoms with Crippen molar-refractivity contribution >= 4 is 0 Å². The number of fused-ring (bicyclic) bond motifs is 8. The van der Waals surface area contributed by atoms with Crippen LogP contribution in [-0.2, 0) is 0 Å². The van der Waals surface area contributed by atoms with E-state index in [1.54, 1.807) is 0 Å². The van der Waals surface area contributed by atoms with Gasteiger partial charge in [-0.25, -0.2) is 15.0 Å². The standard InChI is InChI=1S/C53H40N4/c1-2-10-34(11-3-1)51-55-52(35-18-20-39-37-25-32-24-33(26-37)28-38(27-32)50-31-54-23-22-47(50)48(39)29-35)57-53(56-51)36-19-21-46-44-16-7-6-14-42(44)40-12-4-5-13-41(40)43-15-8-9-17-45(43)49(46)30-36/h1-23,29-33,37-38H,24-28H2. The zero-order chi connectivity index (χ0) is 37.5. The largest absolute Gasteiger partial charge is 0.264 e. The van der Waals surface area contributed by atoms with Gasteiger partial charge in [0.25, 0.3) is 0 Å². The summed E-state index contributed by atoms with van der Waals surface area (Å²) in [6, 6.07) is 52.7. The van der Waals surface area contributed by atoms with E-state index in [0.29, 0.717) is 29.3 Å². The molecule has 2 aromatic heterocycles. The first kappa shape index (κ1) is 32.7. The van der Waals surface area contributed by atoms with Crippen molar-refractivity contribution in [2.45, 2.75) is 43.9 Å². The maximum Gasteiger partial charge on any atom is 0.164 e. The summed E-state index contributed by atoms with van der Waals surface area (Å²) >= 11 is 0. The molecule has 2 unspecified atom stereocenters. The quantitative estimate of drug-likeness (QED) is 0.181. The molecule has 6 aromatic carbocycles. The number of benzene rings is 6. The van der Waals surface area contributed by atoms with Crippen molar-refractivity contribution in [3.8, 4) is 89.8 Å². The average Bonchev–Trinajstić information content (AvgIpc) is 3.33. The first-order valence-electron chi connectivity index (χ1n) is 20.5. The van der Waals surface area contributed by atoms with Crippen LogP contribution in [0.4, 0.5) is 0 Å². The van der Waals surface area contributed by atoms with Gasteiger partial charge >= 0.3 is 0 Å². The van der Waals surface area contributed by atoms with Crippen molar-refractivity contribution < 1.29 is 0 Å². The molecule has 2 atom stereocenters. The van der Waals surface area contributed by atoms with Crippen LogP contribution in [0.3, 0.4) is 0 Å². The van der Waals surface area contributed by atoms with E-state index in [4.69, 9.17) is 15.0 Å². The second kappa shape index (κ2) is 13.0. The second-order valence-electron chi connectivity index (χ2n) is 16.6. The van der Waals surface area contributed by atoms with Crippen molar-refractivity contribution in [2.75, 3.05) is 0 Å². The highest BCUT2D eigenvalue weighted by molar-refractivity contribution is 6.03. The highest BCUT2D eigenvalue weighted by atomic mass is 15.0. The highest BCUT2D eigenvalue weighted by Crippen LogP contribution is 2.55. The Balaban J connectivity index is 1.06. The molecule has 4 nitrogen and oxygen atoms in total. The van der Waals surface area contributed by atoms with E-state index in [1.165, 1.54) is 98.9 Å². The van der Waals surface area contributed by atoms with Crippen LogP contribution in [-0.4, -0.2) is 19.9 Å². The summed E-state index contributed by atoms with van der Waals surface area (Å²) in [6.45, 7) is 0. The molecule has 272 valence electrons. The number of pyridine rings is 1. The predicted octanol–water partition coefficient (Wildman–Crippen LogP) is 13.3. The van der Waals surface area contributed by atoms with E-state index < -0.39 is 0 Å². The van der Waals surface area contributed by atoms with E-state index in [9.17, 15) is 0 Å². The monoisotopic (exact) mass is 732 g/mol. The average molecular weight is 733 g/mol. The Morgan fingerprint density at radius 3 is 1.37 bits per heavy atom. The van der Waals surface area contributed by atoms with Gasteiger partial charge in [0.2, 0.25) is 0 Å². The first-order valence-corrected chi connectivity index (χ1v) is 20.5. The minimum atomic E-state index is 0.574. The van der Waals surface area contributed by atoms with Gasteiger partial charge in [0, 0.05) is 29.1 Å². The number of hydrogen-bond acceptors (Lipinski definition) is 4. The van der Waals surface area contributed by atoms with Crippen LogP contribution >= 0.6 is 0 Å². The lowest BCUT2D eigenvalue weighted by molar-refractivity contribution is 0.153. The highest BCUT2D eigenvalue weighted by Gasteiger charge is 2.40. The Bertz CT molecular complexity index is 2860. The van der Waals surface area contributed by atoms with E-state index >= 15 is 0 Å². The molecule has 8 aromatic rings. The van der Waals surface area contributed by atoms with Gasteiger partial charge in [0.05, 0.1) is 0 Å². The molecule has 2 fully saturated rings. The lowest BCUT2D eigenvalue weighted by Gasteiger charge is -2.42. The van der Waals surface area contributed by atoms with Crippen molar-refractivity contribution in [3.05, 3.63) is 169 Å². The van der Waals surface area contributed by atoms with Crippen molar-refractivity contribution in [1.29, 1.82) is 0 Å². The summed E-state index contributed by atoms with van der Waals surface area (Å²) in [7, 11) is 0. The van der Waals surface area contributed by atoms with Gasteiger partial charge in [-0.15, -0.1) is 0 Å². The molecular formula is C53H40N4. The zero-order valence-electron chi connectivity index (χ0n) is 31.6. The molecular weight excluding hydrogens is 693 g/mol. The molecule has 0 radical (unpaired) electrons. The minimum absolute atomic E-state index is 0.574. The van der Waals surface area contributed by atoms with Crippen LogP contribution in [0.5, 0.6) is 0 Å². The molecule has 2 heterocycles. The summed E-state index contributed by atoms with van der Waals surface area (Å²) in [5.41, 5.74) is 18.2. The maximum absolute atomic E-state index is 5.34. The van der Waals surface area contributed by atoms with Crippen LogP contribution in [0.25, 0.3) is 89.8 Å². The molecule has 13 rings (SSSR count). The van der Waals surface area contributed by atoms with Gasteiger partial charge in [-0.2, -0.15) is 0 Å². The van der Waals surface area contributed by atoms with Crippen molar-refractivity contribution in [1.82, 2.24) is 19.9 Å². The third-order valence-electron chi connectivity index (χ3n) is 13.4. The van der Waals surface area contributed by atoms with Gasteiger partial charge in [0.15, 0.2) is 17.5 Å². The summed E-state index contributed by atoms with van der Waals surface area (Å²) in [4.78, 5) is 20.5. The van der Waals surface area contributed by atoms with Gasteiger partial charge < -0.3 is 0 Å². The maximum atomic E-state index is 5.34. The zero-order valence-corrected chi connectivity index (χ0v) is 31.6. The van der Waals surface area contributed by atoms with Crippen LogP contribution in [0.2, 0.25) is 0 Å². The molecule has 0 saturated heterocycles. The number of aromatic nitrogens is 4. The summed E-state index contributed by atoms with van der Waals surface area (Å²) in [5, 5.41) is 0. The fourth-order valence-electron chi connectivity index (χ4n) is 11.0. The first-order chi connectivity index (χ1) is 28.2. The van der Waals surface area contributed by atoms with Crippen LogP contribution in [0.15, 0.2) is 158 Å². The molecule has 0 aliphatic heterocycles. The number of rotatable bonds is 3. The van der Waals surface area contributed by atoms with E-state index in [-0.39, 0.29) is 0 Å². The molecule has 2 saturated carbocycles. The Morgan fingerprint density at radius 1 is 0.333 bits per heavy atom. The Morgan fingerprint density at radius 2 is 0.789 bits per heavy atom. The fraction of sp³-hybridized carbons (Fsp3) is 0.170. The fourth-order valence-corrected chi connectivity index (χ4v) is 11.0. The van der Waals surface area contributed by atoms with Crippen LogP contribution < -0.4 is 0 Å². The summed E-state index contributed by atoms with van der Waals surface area (Å²) in [5.74, 6) is 4.77. The number of hydrogen-bond donors (Lipinski definition) is 0. The molecule has 4 heteroatoms. The molecule has 4 bridgehead atoms. The molecule has 0 amide bonds. The Hall–Kier alpha value is -6.52. The van der Waals surface area contributed by atoms with E-state index in [0.717, 1.165) is 28.5 Å². The van der Waals surface area contributed by atoms with Gasteiger partial charge in [0.1, 0.15) is 0 Å². The topological polar surface area (TPSA) is 51.6 Å². The molecule has 5 aliphatic carbocycles. The van der Waals surface area contributed by atoms with Gasteiger partial charge in [-0.3, -0.25) is 4.98 Å². The molecule has 0 N–H and O–H groups in total. The third kappa shape index (κ3) is 5.42. The lowest BCUT2D eigenvalue weighted by atomic mass is 9.63. The second-order valence-corrected chi connectivity index (χ2v) is 16.6. The lowest BCUT2D eigenvalue weighted by Crippen LogP contribution is -2.29. The predicted molar refractivity (Wildman–Crippen MR) is 230 cm³/mol. The Labute approximate surface area is 333 Å². The molecule has 5 aliphatic rings. The van der Waals surface area contributed by atoms with Crippen molar-refractivity contribution in [2.24, 2.45) is 11.8 Å². The van der Waals surface area contributed by atoms with E-state index in [1.807, 2.05) is 12.3 Å². The van der Waals surface area contributed by atoms with Crippen LogP contribution in [0.1, 0.15) is 55.1 Å². The van der Waals surface area contributed by atoms with Crippen molar-refractivity contribution in [3.63, 3.8) is 0 Å². The summed E-state index contributed by atoms with van der Waals surface area (Å²) < 4.78 is 0. The van der Waals surface area contributed by atoms with Crippen LogP contribution in [0, 0.1) is 11.8 Å². The van der Waals surface area contributed by atoms with Gasteiger partial charge in [-0.1, -0.05) is 127 Å². The van der Waals surface area contributed by atoms with Gasteiger partial charge in [-0.05, 0) is 141 Å². The summed E-state index contributed by atoms with van der Waals surface area (Å²) in [6.07, 6.45) is 10.7. The smallest absolute Gasteiger partial charge is 0.164 e. The molecule has 57 heavy (non-hydrogen) atoms. The number of nitrogens with zero attached hydrogens (tertiary/aromatic N) is 4. The normalized spacial score (nSPS) is 19.6. The Kier molecular flexibility index (Phi) is 7.47. The molecule has 0 spiro atoms. The third-order valence-corrected chi connectivity index (χ3v) is 13.4. The minimum Gasteiger partial charge on any atom is -0.264 e. The van der Waals surface area contributed by atoms with E-state index in [2.05, 4.69) is 151 Å². The SMILES string of the molecule is c1ccc(-c2nc(-c3ccc4c(c3)-c3ccccc3-c3ccccc3-c3ccccc3-4)nc(-c3ccc4c(c3)-c3ccncc3C3CC5CC(CC4C5)C3)n2)cc1.